The van der Waals surface area contributed by atoms with Crippen LogP contribution < -0.4 is 11.1 Å². The molecule has 0 bridgehead atoms. The first kappa shape index (κ1) is 21.4. The molecule has 1 saturated carbocycles. The molecule has 5 nitrogen and oxygen atoms in total. The number of rotatable bonds is 6. The Balaban J connectivity index is 0.00000243. The molecule has 1 aliphatic carbocycles. The van der Waals surface area contributed by atoms with Gasteiger partial charge in [0.05, 0.1) is 19.3 Å². The van der Waals surface area contributed by atoms with Gasteiger partial charge in [-0.2, -0.15) is 0 Å². The maximum absolute atomic E-state index is 6.05. The van der Waals surface area contributed by atoms with Crippen molar-refractivity contribution in [1.82, 2.24) is 5.32 Å². The Hall–Kier alpha value is -0.860. The Morgan fingerprint density at radius 2 is 1.85 bits per heavy atom. The Morgan fingerprint density at radius 1 is 1.12 bits per heavy atom. The van der Waals surface area contributed by atoms with Crippen LogP contribution in [0.2, 0.25) is 0 Å². The predicted molar refractivity (Wildman–Crippen MR) is 116 cm³/mol. The minimum atomic E-state index is 0. The molecule has 6 heteroatoms. The number of nitrogens with one attached hydrogen (secondary N) is 1. The molecule has 0 amide bonds. The first-order valence-electron chi connectivity index (χ1n) is 9.63. The molecule has 2 aliphatic rings. The Kier molecular flexibility index (Phi) is 9.71. The highest BCUT2D eigenvalue weighted by Crippen LogP contribution is 2.17. The highest BCUT2D eigenvalue weighted by atomic mass is 127. The molecule has 146 valence electrons. The summed E-state index contributed by atoms with van der Waals surface area (Å²) < 4.78 is 11.4. The number of nitrogens with zero attached hydrogens (tertiary/aromatic N) is 1. The molecule has 1 aromatic rings. The first-order chi connectivity index (χ1) is 12.3. The van der Waals surface area contributed by atoms with Gasteiger partial charge in [0.25, 0.3) is 0 Å². The van der Waals surface area contributed by atoms with E-state index in [1.54, 1.807) is 0 Å². The quantitative estimate of drug-likeness (QED) is 0.375. The van der Waals surface area contributed by atoms with Gasteiger partial charge in [-0.1, -0.05) is 43.5 Å². The van der Waals surface area contributed by atoms with Crippen molar-refractivity contribution in [2.24, 2.45) is 10.7 Å². The predicted octanol–water partition coefficient (Wildman–Crippen LogP) is 3.74. The molecule has 2 fully saturated rings. The second-order valence-corrected chi connectivity index (χ2v) is 7.12. The molecule has 26 heavy (non-hydrogen) atoms. The van der Waals surface area contributed by atoms with Crippen LogP contribution in [0.15, 0.2) is 29.3 Å². The van der Waals surface area contributed by atoms with Gasteiger partial charge in [0.2, 0.25) is 0 Å². The van der Waals surface area contributed by atoms with Crippen LogP contribution in [0.5, 0.6) is 0 Å². The van der Waals surface area contributed by atoms with Crippen LogP contribution in [-0.2, 0) is 22.6 Å². The van der Waals surface area contributed by atoms with Crippen LogP contribution in [0, 0.1) is 0 Å². The maximum Gasteiger partial charge on any atom is 0.189 e. The van der Waals surface area contributed by atoms with Crippen molar-refractivity contribution in [2.75, 3.05) is 13.2 Å². The van der Waals surface area contributed by atoms with Crippen LogP contribution in [0.3, 0.4) is 0 Å². The molecular formula is C20H32IN3O2. The van der Waals surface area contributed by atoms with E-state index in [-0.39, 0.29) is 24.0 Å². The molecule has 0 spiro atoms. The van der Waals surface area contributed by atoms with Gasteiger partial charge in [-0.25, -0.2) is 4.99 Å². The summed E-state index contributed by atoms with van der Waals surface area (Å²) in [5.41, 5.74) is 8.41. The minimum Gasteiger partial charge on any atom is -0.381 e. The van der Waals surface area contributed by atoms with E-state index in [2.05, 4.69) is 34.6 Å². The van der Waals surface area contributed by atoms with Gasteiger partial charge >= 0.3 is 0 Å². The minimum absolute atomic E-state index is 0. The SMILES string of the molecule is I.NC(=NCc1cccc(COC2CCOCC2)c1)NC1CCCCC1. The molecule has 0 aromatic heterocycles. The van der Waals surface area contributed by atoms with Crippen LogP contribution in [0.4, 0.5) is 0 Å². The Bertz CT molecular complexity index is 556. The monoisotopic (exact) mass is 473 g/mol. The van der Waals surface area contributed by atoms with E-state index in [9.17, 15) is 0 Å². The van der Waals surface area contributed by atoms with Crippen molar-refractivity contribution >= 4 is 29.9 Å². The third kappa shape index (κ3) is 7.40. The summed E-state index contributed by atoms with van der Waals surface area (Å²) in [5, 5.41) is 3.36. The van der Waals surface area contributed by atoms with E-state index < -0.39 is 0 Å². The van der Waals surface area contributed by atoms with E-state index >= 15 is 0 Å². The van der Waals surface area contributed by atoms with E-state index in [0.717, 1.165) is 26.1 Å². The molecule has 1 heterocycles. The van der Waals surface area contributed by atoms with Gasteiger partial charge in [0.15, 0.2) is 5.96 Å². The van der Waals surface area contributed by atoms with Crippen LogP contribution >= 0.6 is 24.0 Å². The molecule has 0 atom stereocenters. The summed E-state index contributed by atoms with van der Waals surface area (Å²) in [6.45, 7) is 2.88. The van der Waals surface area contributed by atoms with Crippen molar-refractivity contribution in [3.8, 4) is 0 Å². The third-order valence-corrected chi connectivity index (χ3v) is 5.03. The molecular weight excluding hydrogens is 441 g/mol. The highest BCUT2D eigenvalue weighted by Gasteiger charge is 2.14. The van der Waals surface area contributed by atoms with Crippen molar-refractivity contribution in [1.29, 1.82) is 0 Å². The fourth-order valence-electron chi connectivity index (χ4n) is 3.55. The first-order valence-corrected chi connectivity index (χ1v) is 9.63. The lowest BCUT2D eigenvalue weighted by Crippen LogP contribution is -2.41. The number of halogens is 1. The second kappa shape index (κ2) is 11.8. The van der Waals surface area contributed by atoms with Gasteiger partial charge in [-0.15, -0.1) is 24.0 Å². The number of guanidine groups is 1. The second-order valence-electron chi connectivity index (χ2n) is 7.12. The van der Waals surface area contributed by atoms with Crippen molar-refractivity contribution in [3.05, 3.63) is 35.4 Å². The zero-order valence-corrected chi connectivity index (χ0v) is 17.8. The zero-order valence-electron chi connectivity index (χ0n) is 15.5. The number of ether oxygens (including phenoxy) is 2. The standard InChI is InChI=1S/C20H31N3O2.HI/c21-20(23-18-7-2-1-3-8-18)22-14-16-5-4-6-17(13-16)15-25-19-9-11-24-12-10-19;/h4-6,13,18-19H,1-3,7-12,14-15H2,(H3,21,22,23);1H. The molecule has 1 aromatic carbocycles. The lowest BCUT2D eigenvalue weighted by atomic mass is 9.96. The lowest BCUT2D eigenvalue weighted by Gasteiger charge is -2.23. The van der Waals surface area contributed by atoms with Crippen LogP contribution in [-0.4, -0.2) is 31.3 Å². The fourth-order valence-corrected chi connectivity index (χ4v) is 3.55. The van der Waals surface area contributed by atoms with Gasteiger partial charge < -0.3 is 20.5 Å². The highest BCUT2D eigenvalue weighted by molar-refractivity contribution is 14.0. The van der Waals surface area contributed by atoms with Gasteiger partial charge in [0.1, 0.15) is 0 Å². The summed E-state index contributed by atoms with van der Waals surface area (Å²) >= 11 is 0. The molecule has 1 saturated heterocycles. The smallest absolute Gasteiger partial charge is 0.189 e. The number of hydrogen-bond acceptors (Lipinski definition) is 3. The van der Waals surface area contributed by atoms with Crippen LogP contribution in [0.1, 0.15) is 56.1 Å². The summed E-state index contributed by atoms with van der Waals surface area (Å²) in [4.78, 5) is 4.51. The van der Waals surface area contributed by atoms with E-state index in [0.29, 0.717) is 31.3 Å². The third-order valence-electron chi connectivity index (χ3n) is 5.03. The molecule has 0 radical (unpaired) electrons. The number of nitrogens with two attached hydrogens (primary N) is 1. The average molecular weight is 473 g/mol. The summed E-state index contributed by atoms with van der Waals surface area (Å²) in [6, 6.07) is 8.93. The van der Waals surface area contributed by atoms with Gasteiger partial charge in [-0.3, -0.25) is 0 Å². The molecule has 3 rings (SSSR count). The summed E-state index contributed by atoms with van der Waals surface area (Å²) in [7, 11) is 0. The lowest BCUT2D eigenvalue weighted by molar-refractivity contribution is -0.0390. The molecule has 0 unspecified atom stereocenters. The Labute approximate surface area is 174 Å². The fraction of sp³-hybridized carbons (Fsp3) is 0.650. The summed E-state index contributed by atoms with van der Waals surface area (Å²) in [5.74, 6) is 0.566. The Morgan fingerprint density at radius 3 is 2.62 bits per heavy atom. The topological polar surface area (TPSA) is 68.9 Å². The molecule has 1 aliphatic heterocycles. The largest absolute Gasteiger partial charge is 0.381 e. The van der Waals surface area contributed by atoms with Crippen molar-refractivity contribution in [2.45, 2.75) is 70.2 Å². The number of hydrogen-bond donors (Lipinski definition) is 2. The maximum atomic E-state index is 6.05. The van der Waals surface area contributed by atoms with Gasteiger partial charge in [-0.05, 0) is 36.8 Å². The number of aliphatic imine (C=N–C) groups is 1. The zero-order chi connectivity index (χ0) is 17.3. The average Bonchev–Trinajstić information content (AvgIpc) is 2.67. The van der Waals surface area contributed by atoms with E-state index in [4.69, 9.17) is 15.2 Å². The van der Waals surface area contributed by atoms with E-state index in [1.807, 2.05) is 0 Å². The van der Waals surface area contributed by atoms with Crippen molar-refractivity contribution < 1.29 is 9.47 Å². The van der Waals surface area contributed by atoms with E-state index in [1.165, 1.54) is 43.2 Å². The molecule has 3 N–H and O–H groups in total. The summed E-state index contributed by atoms with van der Waals surface area (Å²) in [6.07, 6.45) is 8.65. The normalized spacial score (nSPS) is 19.8. The van der Waals surface area contributed by atoms with Gasteiger partial charge in [0, 0.05) is 19.3 Å². The number of benzene rings is 1. The van der Waals surface area contributed by atoms with Crippen LogP contribution in [0.25, 0.3) is 0 Å². The van der Waals surface area contributed by atoms with Crippen molar-refractivity contribution in [3.63, 3.8) is 0 Å².